The van der Waals surface area contributed by atoms with E-state index in [1.54, 1.807) is 6.33 Å². The molecule has 1 aromatic rings. The Morgan fingerprint density at radius 2 is 2.00 bits per heavy atom. The number of ether oxygens (including phenoxy) is 1. The number of nitrogens with zero attached hydrogens (tertiary/aromatic N) is 2. The molecule has 0 bridgehead atoms. The van der Waals surface area contributed by atoms with Gasteiger partial charge in [0.15, 0.2) is 0 Å². The number of hydrogen-bond acceptors (Lipinski definition) is 4. The predicted molar refractivity (Wildman–Crippen MR) is 78.7 cm³/mol. The summed E-state index contributed by atoms with van der Waals surface area (Å²) < 4.78 is 5.56. The molecule has 0 amide bonds. The first-order valence-corrected chi connectivity index (χ1v) is 7.33. The molecule has 0 spiro atoms. The minimum Gasteiger partial charge on any atom is -0.478 e. The highest BCUT2D eigenvalue weighted by Crippen LogP contribution is 2.28. The molecule has 0 aliphatic rings. The maximum absolute atomic E-state index is 5.56. The third-order valence-electron chi connectivity index (χ3n) is 3.47. The smallest absolute Gasteiger partial charge is 0.219 e. The minimum absolute atomic E-state index is 0.397. The molecule has 0 aromatic carbocycles. The van der Waals surface area contributed by atoms with E-state index in [0.717, 1.165) is 30.6 Å². The molecule has 1 aromatic heterocycles. The molecule has 1 N–H and O–H groups in total. The number of hydrogen-bond donors (Lipinski definition) is 1. The van der Waals surface area contributed by atoms with Gasteiger partial charge in [-0.15, -0.1) is 0 Å². The van der Waals surface area contributed by atoms with Gasteiger partial charge in [-0.2, -0.15) is 0 Å². The van der Waals surface area contributed by atoms with Gasteiger partial charge in [-0.1, -0.05) is 13.8 Å². The van der Waals surface area contributed by atoms with E-state index in [1.165, 1.54) is 0 Å². The van der Waals surface area contributed by atoms with Crippen LogP contribution >= 0.6 is 0 Å². The highest BCUT2D eigenvalue weighted by Gasteiger charge is 2.22. The van der Waals surface area contributed by atoms with Crippen LogP contribution in [0.5, 0.6) is 5.88 Å². The van der Waals surface area contributed by atoms with Crippen LogP contribution in [0.1, 0.15) is 57.7 Å². The van der Waals surface area contributed by atoms with E-state index in [4.69, 9.17) is 4.74 Å². The standard InChI is InChI=1S/C15H27N3O/c1-6-9-16-12(5)13(7-2)14-11(4)15(19-8-3)18-10-17-14/h10,12-13,16H,6-9H2,1-5H3. The van der Waals surface area contributed by atoms with Crippen molar-refractivity contribution in [1.29, 1.82) is 0 Å². The second kappa shape index (κ2) is 8.10. The van der Waals surface area contributed by atoms with E-state index in [-0.39, 0.29) is 0 Å². The van der Waals surface area contributed by atoms with Crippen LogP contribution in [0.15, 0.2) is 6.33 Å². The quantitative estimate of drug-likeness (QED) is 0.784. The largest absolute Gasteiger partial charge is 0.478 e. The van der Waals surface area contributed by atoms with Crippen LogP contribution in [0, 0.1) is 6.92 Å². The fraction of sp³-hybridized carbons (Fsp3) is 0.733. The Kier molecular flexibility index (Phi) is 6.78. The molecule has 4 heteroatoms. The Morgan fingerprint density at radius 3 is 2.58 bits per heavy atom. The van der Waals surface area contributed by atoms with Crippen molar-refractivity contribution >= 4 is 0 Å². The SMILES string of the molecule is CCCNC(C)C(CC)c1ncnc(OCC)c1C. The van der Waals surface area contributed by atoms with Gasteiger partial charge in [0, 0.05) is 17.5 Å². The monoisotopic (exact) mass is 265 g/mol. The van der Waals surface area contributed by atoms with Crippen molar-refractivity contribution in [2.75, 3.05) is 13.2 Å². The molecule has 0 saturated heterocycles. The highest BCUT2D eigenvalue weighted by atomic mass is 16.5. The molecule has 1 heterocycles. The lowest BCUT2D eigenvalue weighted by atomic mass is 9.91. The lowest BCUT2D eigenvalue weighted by Gasteiger charge is -2.25. The van der Waals surface area contributed by atoms with Crippen molar-refractivity contribution in [1.82, 2.24) is 15.3 Å². The van der Waals surface area contributed by atoms with Gasteiger partial charge in [0.1, 0.15) is 6.33 Å². The Hall–Kier alpha value is -1.16. The maximum Gasteiger partial charge on any atom is 0.219 e. The van der Waals surface area contributed by atoms with Crippen LogP contribution < -0.4 is 10.1 Å². The molecular formula is C15H27N3O. The summed E-state index contributed by atoms with van der Waals surface area (Å²) in [6.45, 7) is 12.3. The van der Waals surface area contributed by atoms with Crippen molar-refractivity contribution in [3.8, 4) is 5.88 Å². The topological polar surface area (TPSA) is 47.0 Å². The summed E-state index contributed by atoms with van der Waals surface area (Å²) in [6, 6.07) is 0.410. The van der Waals surface area contributed by atoms with Crippen molar-refractivity contribution < 1.29 is 4.74 Å². The van der Waals surface area contributed by atoms with Gasteiger partial charge >= 0.3 is 0 Å². The molecule has 1 rings (SSSR count). The first-order valence-electron chi connectivity index (χ1n) is 7.33. The molecule has 0 aliphatic heterocycles. The van der Waals surface area contributed by atoms with E-state index in [9.17, 15) is 0 Å². The summed E-state index contributed by atoms with van der Waals surface area (Å²) in [6.07, 6.45) is 3.82. The first-order chi connectivity index (χ1) is 9.15. The summed E-state index contributed by atoms with van der Waals surface area (Å²) in [4.78, 5) is 8.70. The van der Waals surface area contributed by atoms with Crippen molar-refractivity contribution in [3.05, 3.63) is 17.6 Å². The summed E-state index contributed by atoms with van der Waals surface area (Å²) in [7, 11) is 0. The van der Waals surface area contributed by atoms with E-state index in [2.05, 4.69) is 43.0 Å². The summed E-state index contributed by atoms with van der Waals surface area (Å²) >= 11 is 0. The minimum atomic E-state index is 0.397. The zero-order valence-corrected chi connectivity index (χ0v) is 12.9. The lowest BCUT2D eigenvalue weighted by Crippen LogP contribution is -2.33. The average Bonchev–Trinajstić information content (AvgIpc) is 2.41. The average molecular weight is 265 g/mol. The number of rotatable bonds is 8. The zero-order chi connectivity index (χ0) is 14.3. The molecule has 0 radical (unpaired) electrons. The van der Waals surface area contributed by atoms with Gasteiger partial charge < -0.3 is 10.1 Å². The third kappa shape index (κ3) is 4.16. The summed E-state index contributed by atoms with van der Waals surface area (Å²) in [5.74, 6) is 1.11. The van der Waals surface area contributed by atoms with Gasteiger partial charge in [-0.05, 0) is 40.2 Å². The van der Waals surface area contributed by atoms with Gasteiger partial charge in [0.05, 0.1) is 12.3 Å². The van der Waals surface area contributed by atoms with Crippen LogP contribution in [0.2, 0.25) is 0 Å². The van der Waals surface area contributed by atoms with E-state index >= 15 is 0 Å². The fourth-order valence-electron chi connectivity index (χ4n) is 2.40. The number of aromatic nitrogens is 2. The molecule has 2 unspecified atom stereocenters. The van der Waals surface area contributed by atoms with Crippen LogP contribution in [0.25, 0.3) is 0 Å². The number of nitrogens with one attached hydrogen (secondary N) is 1. The van der Waals surface area contributed by atoms with E-state index in [1.807, 2.05) is 6.92 Å². The second-order valence-electron chi connectivity index (χ2n) is 4.88. The Balaban J connectivity index is 2.94. The predicted octanol–water partition coefficient (Wildman–Crippen LogP) is 3.07. The van der Waals surface area contributed by atoms with E-state index < -0.39 is 0 Å². The van der Waals surface area contributed by atoms with Crippen molar-refractivity contribution in [2.24, 2.45) is 0 Å². The molecule has 108 valence electrons. The van der Waals surface area contributed by atoms with Crippen LogP contribution in [-0.4, -0.2) is 29.2 Å². The highest BCUT2D eigenvalue weighted by molar-refractivity contribution is 5.31. The van der Waals surface area contributed by atoms with Gasteiger partial charge in [-0.3, -0.25) is 0 Å². The maximum atomic E-state index is 5.56. The molecule has 19 heavy (non-hydrogen) atoms. The Bertz CT molecular complexity index is 382. The van der Waals surface area contributed by atoms with E-state index in [0.29, 0.717) is 24.4 Å². The molecule has 2 atom stereocenters. The molecule has 0 aliphatic carbocycles. The molecule has 4 nitrogen and oxygen atoms in total. The van der Waals surface area contributed by atoms with Crippen molar-refractivity contribution in [2.45, 2.75) is 59.4 Å². The second-order valence-corrected chi connectivity index (χ2v) is 4.88. The third-order valence-corrected chi connectivity index (χ3v) is 3.47. The molecule has 0 saturated carbocycles. The van der Waals surface area contributed by atoms with Crippen LogP contribution in [0.4, 0.5) is 0 Å². The fourth-order valence-corrected chi connectivity index (χ4v) is 2.40. The Morgan fingerprint density at radius 1 is 1.26 bits per heavy atom. The zero-order valence-electron chi connectivity index (χ0n) is 12.9. The van der Waals surface area contributed by atoms with Crippen molar-refractivity contribution in [3.63, 3.8) is 0 Å². The molecular weight excluding hydrogens is 238 g/mol. The van der Waals surface area contributed by atoms with Crippen LogP contribution in [0.3, 0.4) is 0 Å². The summed E-state index contributed by atoms with van der Waals surface area (Å²) in [5, 5.41) is 3.56. The molecule has 0 fully saturated rings. The van der Waals surface area contributed by atoms with Gasteiger partial charge in [0.25, 0.3) is 0 Å². The lowest BCUT2D eigenvalue weighted by molar-refractivity contribution is 0.321. The normalized spacial score (nSPS) is 14.2. The van der Waals surface area contributed by atoms with Gasteiger partial charge in [0.2, 0.25) is 5.88 Å². The van der Waals surface area contributed by atoms with Crippen LogP contribution in [-0.2, 0) is 0 Å². The Labute approximate surface area is 117 Å². The van der Waals surface area contributed by atoms with Gasteiger partial charge in [-0.25, -0.2) is 9.97 Å². The summed E-state index contributed by atoms with van der Waals surface area (Å²) in [5.41, 5.74) is 2.18. The first kappa shape index (κ1) is 15.9.